The van der Waals surface area contributed by atoms with Crippen LogP contribution in [0.15, 0.2) is 35.5 Å². The number of esters is 1. The number of thiazole rings is 1. The Bertz CT molecular complexity index is 1050. The highest BCUT2D eigenvalue weighted by Gasteiger charge is 2.13. The van der Waals surface area contributed by atoms with E-state index in [-0.39, 0.29) is 11.7 Å². The summed E-state index contributed by atoms with van der Waals surface area (Å²) in [6.45, 7) is 3.08. The Morgan fingerprint density at radius 1 is 1.30 bits per heavy atom. The first kappa shape index (κ1) is 19.0. The Kier molecular flexibility index (Phi) is 5.82. The van der Waals surface area contributed by atoms with E-state index in [9.17, 15) is 9.59 Å². The summed E-state index contributed by atoms with van der Waals surface area (Å²) < 4.78 is 14.5. The zero-order valence-corrected chi connectivity index (χ0v) is 16.2. The number of rotatable bonds is 6. The molecule has 0 atom stereocenters. The second-order valence-corrected chi connectivity index (χ2v) is 6.73. The SMILES string of the molecule is CCOC(=O)c1ccc2c(c1)sc(=NC(=O)c1ccn(C)n1)n2CCOC. The molecule has 9 heteroatoms. The van der Waals surface area contributed by atoms with Crippen LogP contribution >= 0.6 is 11.3 Å². The van der Waals surface area contributed by atoms with Crippen LogP contribution in [0.3, 0.4) is 0 Å². The molecule has 2 aromatic heterocycles. The molecule has 27 heavy (non-hydrogen) atoms. The smallest absolute Gasteiger partial charge is 0.338 e. The molecule has 3 aromatic rings. The molecular formula is C18H20N4O4S. The molecule has 8 nitrogen and oxygen atoms in total. The van der Waals surface area contributed by atoms with Gasteiger partial charge in [0.1, 0.15) is 0 Å². The van der Waals surface area contributed by atoms with Crippen molar-refractivity contribution in [3.63, 3.8) is 0 Å². The molecule has 0 unspecified atom stereocenters. The van der Waals surface area contributed by atoms with Gasteiger partial charge in [-0.2, -0.15) is 10.1 Å². The van der Waals surface area contributed by atoms with Gasteiger partial charge in [0.15, 0.2) is 10.5 Å². The fourth-order valence-electron chi connectivity index (χ4n) is 2.57. The first-order valence-corrected chi connectivity index (χ1v) is 9.23. The maximum Gasteiger partial charge on any atom is 0.338 e. The zero-order chi connectivity index (χ0) is 19.4. The first-order chi connectivity index (χ1) is 13.0. The van der Waals surface area contributed by atoms with Crippen LogP contribution in [-0.4, -0.2) is 46.5 Å². The van der Waals surface area contributed by atoms with Gasteiger partial charge in [0.2, 0.25) is 0 Å². The predicted octanol–water partition coefficient (Wildman–Crippen LogP) is 2.00. The van der Waals surface area contributed by atoms with E-state index in [2.05, 4.69) is 10.1 Å². The van der Waals surface area contributed by atoms with Gasteiger partial charge in [-0.3, -0.25) is 9.48 Å². The molecule has 0 aliphatic rings. The van der Waals surface area contributed by atoms with Crippen LogP contribution in [0, 0.1) is 0 Å². The van der Waals surface area contributed by atoms with Crippen molar-refractivity contribution in [1.29, 1.82) is 0 Å². The second-order valence-electron chi connectivity index (χ2n) is 5.72. The maximum absolute atomic E-state index is 12.4. The van der Waals surface area contributed by atoms with Crippen LogP contribution < -0.4 is 4.80 Å². The minimum atomic E-state index is -0.418. The molecule has 2 heterocycles. The quantitative estimate of drug-likeness (QED) is 0.603. The van der Waals surface area contributed by atoms with Crippen molar-refractivity contribution >= 4 is 33.4 Å². The van der Waals surface area contributed by atoms with Gasteiger partial charge >= 0.3 is 5.97 Å². The Balaban J connectivity index is 2.08. The molecule has 142 valence electrons. The lowest BCUT2D eigenvalue weighted by Gasteiger charge is -2.05. The summed E-state index contributed by atoms with van der Waals surface area (Å²) in [5.41, 5.74) is 1.62. The number of fused-ring (bicyclic) bond motifs is 1. The molecule has 0 spiro atoms. The number of benzene rings is 1. The molecule has 0 aliphatic carbocycles. The molecule has 0 fully saturated rings. The molecule has 0 aliphatic heterocycles. The van der Waals surface area contributed by atoms with E-state index in [1.54, 1.807) is 50.2 Å². The summed E-state index contributed by atoms with van der Waals surface area (Å²) in [5.74, 6) is -0.793. The molecule has 0 radical (unpaired) electrons. The summed E-state index contributed by atoms with van der Waals surface area (Å²) in [4.78, 5) is 29.2. The second kappa shape index (κ2) is 8.28. The molecule has 0 saturated heterocycles. The average Bonchev–Trinajstić information content (AvgIpc) is 3.23. The number of carbonyl (C=O) groups excluding carboxylic acids is 2. The van der Waals surface area contributed by atoms with Crippen molar-refractivity contribution in [3.05, 3.63) is 46.5 Å². The molecule has 0 bridgehead atoms. The summed E-state index contributed by atoms with van der Waals surface area (Å²) in [7, 11) is 3.36. The number of amides is 1. The van der Waals surface area contributed by atoms with Crippen LogP contribution in [0.2, 0.25) is 0 Å². The first-order valence-electron chi connectivity index (χ1n) is 8.41. The van der Waals surface area contributed by atoms with E-state index in [0.29, 0.717) is 30.1 Å². The monoisotopic (exact) mass is 388 g/mol. The number of carbonyl (C=O) groups is 2. The summed E-state index contributed by atoms with van der Waals surface area (Å²) in [5, 5.41) is 4.09. The van der Waals surface area contributed by atoms with Crippen molar-refractivity contribution in [2.24, 2.45) is 12.0 Å². The van der Waals surface area contributed by atoms with E-state index in [1.165, 1.54) is 11.3 Å². The molecular weight excluding hydrogens is 368 g/mol. The van der Waals surface area contributed by atoms with Gasteiger partial charge in [-0.1, -0.05) is 11.3 Å². The molecule has 1 aromatic carbocycles. The third kappa shape index (κ3) is 4.15. The highest BCUT2D eigenvalue weighted by atomic mass is 32.1. The molecule has 0 saturated carbocycles. The van der Waals surface area contributed by atoms with Crippen LogP contribution in [0.4, 0.5) is 0 Å². The summed E-state index contributed by atoms with van der Waals surface area (Å²) in [6, 6.07) is 6.92. The number of methoxy groups -OCH3 is 1. The number of aryl methyl sites for hydroxylation is 1. The average molecular weight is 388 g/mol. The molecule has 3 rings (SSSR count). The van der Waals surface area contributed by atoms with Gasteiger partial charge in [-0.25, -0.2) is 4.79 Å². The number of hydrogen-bond donors (Lipinski definition) is 0. The predicted molar refractivity (Wildman–Crippen MR) is 101 cm³/mol. The highest BCUT2D eigenvalue weighted by Crippen LogP contribution is 2.20. The van der Waals surface area contributed by atoms with Crippen LogP contribution in [0.5, 0.6) is 0 Å². The standard InChI is InChI=1S/C18H20N4O4S/c1-4-26-17(24)12-5-6-14-15(11-12)27-18(22(14)9-10-25-3)19-16(23)13-7-8-21(2)20-13/h5-8,11H,4,9-10H2,1-3H3. The van der Waals surface area contributed by atoms with Gasteiger partial charge < -0.3 is 14.0 Å². The van der Waals surface area contributed by atoms with Gasteiger partial charge in [0, 0.05) is 26.9 Å². The molecule has 1 amide bonds. The molecule has 0 N–H and O–H groups in total. The third-order valence-corrected chi connectivity index (χ3v) is 4.88. The lowest BCUT2D eigenvalue weighted by molar-refractivity contribution is 0.0526. The Morgan fingerprint density at radius 3 is 2.78 bits per heavy atom. The van der Waals surface area contributed by atoms with Gasteiger partial charge in [-0.05, 0) is 31.2 Å². The van der Waals surface area contributed by atoms with Crippen LogP contribution in [0.25, 0.3) is 10.2 Å². The number of aromatic nitrogens is 3. The summed E-state index contributed by atoms with van der Waals surface area (Å²) in [6.07, 6.45) is 1.69. The van der Waals surface area contributed by atoms with E-state index in [1.807, 2.05) is 10.6 Å². The summed E-state index contributed by atoms with van der Waals surface area (Å²) >= 11 is 1.33. The van der Waals surface area contributed by atoms with Gasteiger partial charge in [0.25, 0.3) is 5.91 Å². The van der Waals surface area contributed by atoms with E-state index >= 15 is 0 Å². The number of ether oxygens (including phenoxy) is 2. The van der Waals surface area contributed by atoms with Crippen molar-refractivity contribution in [2.75, 3.05) is 20.3 Å². The van der Waals surface area contributed by atoms with Crippen molar-refractivity contribution in [3.8, 4) is 0 Å². The fourth-order valence-corrected chi connectivity index (χ4v) is 3.67. The lowest BCUT2D eigenvalue weighted by Crippen LogP contribution is -2.19. The van der Waals surface area contributed by atoms with Gasteiger partial charge in [-0.15, -0.1) is 0 Å². The van der Waals surface area contributed by atoms with Crippen LogP contribution in [0.1, 0.15) is 27.8 Å². The minimum absolute atomic E-state index is 0.278. The highest BCUT2D eigenvalue weighted by molar-refractivity contribution is 7.16. The van der Waals surface area contributed by atoms with E-state index in [0.717, 1.165) is 10.2 Å². The minimum Gasteiger partial charge on any atom is -0.462 e. The Morgan fingerprint density at radius 2 is 2.11 bits per heavy atom. The topological polar surface area (TPSA) is 87.7 Å². The largest absolute Gasteiger partial charge is 0.462 e. The number of nitrogens with zero attached hydrogens (tertiary/aromatic N) is 4. The van der Waals surface area contributed by atoms with Crippen molar-refractivity contribution in [2.45, 2.75) is 13.5 Å². The lowest BCUT2D eigenvalue weighted by atomic mass is 10.2. The maximum atomic E-state index is 12.4. The van der Waals surface area contributed by atoms with Crippen LogP contribution in [-0.2, 0) is 23.1 Å². The Hall–Kier alpha value is -2.78. The number of hydrogen-bond acceptors (Lipinski definition) is 6. The Labute approximate surface area is 159 Å². The van der Waals surface area contributed by atoms with Crippen molar-refractivity contribution in [1.82, 2.24) is 14.3 Å². The zero-order valence-electron chi connectivity index (χ0n) is 15.3. The van der Waals surface area contributed by atoms with Crippen molar-refractivity contribution < 1.29 is 19.1 Å². The fraction of sp³-hybridized carbons (Fsp3) is 0.333. The normalized spacial score (nSPS) is 11.9. The third-order valence-electron chi connectivity index (χ3n) is 3.84. The van der Waals surface area contributed by atoms with E-state index in [4.69, 9.17) is 9.47 Å². The van der Waals surface area contributed by atoms with Gasteiger partial charge in [0.05, 0.1) is 29.0 Å². The van der Waals surface area contributed by atoms with E-state index < -0.39 is 5.91 Å².